The van der Waals surface area contributed by atoms with Crippen LogP contribution in [0, 0.1) is 5.41 Å². The van der Waals surface area contributed by atoms with Gasteiger partial charge in [-0.1, -0.05) is 48.0 Å². The number of nitrogens with one attached hydrogen (secondary N) is 1. The van der Waals surface area contributed by atoms with E-state index in [0.717, 1.165) is 13.0 Å². The van der Waals surface area contributed by atoms with Crippen molar-refractivity contribution in [2.24, 2.45) is 5.41 Å². The second-order valence-corrected chi connectivity index (χ2v) is 5.91. The van der Waals surface area contributed by atoms with Crippen LogP contribution in [0.4, 0.5) is 0 Å². The third kappa shape index (κ3) is 2.67. The SMILES string of the molecule is CCNC(Cc1ccccc1Br)C1(C)CC1. The minimum absolute atomic E-state index is 0.533. The summed E-state index contributed by atoms with van der Waals surface area (Å²) in [5.74, 6) is 0. The van der Waals surface area contributed by atoms with Crippen molar-refractivity contribution in [1.82, 2.24) is 5.32 Å². The van der Waals surface area contributed by atoms with E-state index in [1.165, 1.54) is 22.9 Å². The van der Waals surface area contributed by atoms with Crippen LogP contribution in [0.1, 0.15) is 32.3 Å². The molecule has 1 fully saturated rings. The summed E-state index contributed by atoms with van der Waals surface area (Å²) < 4.78 is 1.24. The first kappa shape index (κ1) is 12.1. The zero-order valence-electron chi connectivity index (χ0n) is 10.1. The van der Waals surface area contributed by atoms with Gasteiger partial charge in [-0.05, 0) is 42.9 Å². The second kappa shape index (κ2) is 4.89. The maximum absolute atomic E-state index is 3.64. The molecule has 0 amide bonds. The molecule has 88 valence electrons. The van der Waals surface area contributed by atoms with Crippen molar-refractivity contribution in [3.8, 4) is 0 Å². The number of halogens is 1. The summed E-state index contributed by atoms with van der Waals surface area (Å²) in [7, 11) is 0. The predicted molar refractivity (Wildman–Crippen MR) is 72.7 cm³/mol. The number of benzene rings is 1. The van der Waals surface area contributed by atoms with Crippen LogP contribution in [-0.2, 0) is 6.42 Å². The van der Waals surface area contributed by atoms with Gasteiger partial charge in [-0.15, -0.1) is 0 Å². The smallest absolute Gasteiger partial charge is 0.0207 e. The van der Waals surface area contributed by atoms with Crippen molar-refractivity contribution in [2.75, 3.05) is 6.54 Å². The Labute approximate surface area is 107 Å². The van der Waals surface area contributed by atoms with E-state index in [2.05, 4.69) is 59.4 Å². The molecule has 0 saturated heterocycles. The van der Waals surface area contributed by atoms with E-state index in [1.54, 1.807) is 0 Å². The summed E-state index contributed by atoms with van der Waals surface area (Å²) in [6.45, 7) is 5.65. The molecule has 1 unspecified atom stereocenters. The predicted octanol–water partition coefficient (Wildman–Crippen LogP) is 3.77. The Bertz CT molecular complexity index is 358. The molecule has 0 heterocycles. The molecule has 1 aromatic rings. The zero-order chi connectivity index (χ0) is 11.6. The molecule has 0 aromatic heterocycles. The Morgan fingerprint density at radius 3 is 2.62 bits per heavy atom. The van der Waals surface area contributed by atoms with Gasteiger partial charge >= 0.3 is 0 Å². The van der Waals surface area contributed by atoms with Gasteiger partial charge in [0, 0.05) is 10.5 Å². The maximum Gasteiger partial charge on any atom is 0.0207 e. The van der Waals surface area contributed by atoms with Crippen molar-refractivity contribution in [1.29, 1.82) is 0 Å². The average molecular weight is 282 g/mol. The highest BCUT2D eigenvalue weighted by Gasteiger charge is 2.44. The molecule has 2 rings (SSSR count). The van der Waals surface area contributed by atoms with Crippen LogP contribution in [0.2, 0.25) is 0 Å². The largest absolute Gasteiger partial charge is 0.313 e. The van der Waals surface area contributed by atoms with Crippen LogP contribution in [0.3, 0.4) is 0 Å². The van der Waals surface area contributed by atoms with E-state index < -0.39 is 0 Å². The highest BCUT2D eigenvalue weighted by Crippen LogP contribution is 2.49. The van der Waals surface area contributed by atoms with E-state index in [0.29, 0.717) is 11.5 Å². The Morgan fingerprint density at radius 1 is 1.38 bits per heavy atom. The fourth-order valence-corrected chi connectivity index (χ4v) is 2.69. The van der Waals surface area contributed by atoms with Crippen LogP contribution < -0.4 is 5.32 Å². The summed E-state index contributed by atoms with van der Waals surface area (Å²) >= 11 is 3.64. The van der Waals surface area contributed by atoms with Crippen LogP contribution in [0.25, 0.3) is 0 Å². The Balaban J connectivity index is 2.09. The number of hydrogen-bond acceptors (Lipinski definition) is 1. The van der Waals surface area contributed by atoms with Gasteiger partial charge in [0.15, 0.2) is 0 Å². The first-order chi connectivity index (χ1) is 7.65. The Morgan fingerprint density at radius 2 is 2.06 bits per heavy atom. The quantitative estimate of drug-likeness (QED) is 0.867. The highest BCUT2D eigenvalue weighted by atomic mass is 79.9. The summed E-state index contributed by atoms with van der Waals surface area (Å²) in [5, 5.41) is 3.64. The van der Waals surface area contributed by atoms with Crippen molar-refractivity contribution in [3.63, 3.8) is 0 Å². The van der Waals surface area contributed by atoms with E-state index in [4.69, 9.17) is 0 Å². The van der Waals surface area contributed by atoms with Crippen LogP contribution in [0.15, 0.2) is 28.7 Å². The van der Waals surface area contributed by atoms with Gasteiger partial charge in [-0.2, -0.15) is 0 Å². The van der Waals surface area contributed by atoms with Crippen LogP contribution in [0.5, 0.6) is 0 Å². The summed E-state index contributed by atoms with van der Waals surface area (Å²) in [4.78, 5) is 0. The molecule has 0 radical (unpaired) electrons. The molecule has 1 atom stereocenters. The summed E-state index contributed by atoms with van der Waals surface area (Å²) in [6, 6.07) is 9.18. The molecule has 1 saturated carbocycles. The summed E-state index contributed by atoms with van der Waals surface area (Å²) in [5.41, 5.74) is 1.95. The minimum Gasteiger partial charge on any atom is -0.313 e. The Hall–Kier alpha value is -0.340. The van der Waals surface area contributed by atoms with Crippen LogP contribution in [-0.4, -0.2) is 12.6 Å². The first-order valence-electron chi connectivity index (χ1n) is 6.12. The van der Waals surface area contributed by atoms with Crippen molar-refractivity contribution < 1.29 is 0 Å². The average Bonchev–Trinajstić information content (AvgIpc) is 3.00. The van der Waals surface area contributed by atoms with Crippen molar-refractivity contribution in [2.45, 2.75) is 39.2 Å². The van der Waals surface area contributed by atoms with Gasteiger partial charge in [-0.3, -0.25) is 0 Å². The molecule has 0 aliphatic heterocycles. The standard InChI is InChI=1S/C14H20BrN/c1-3-16-13(14(2)8-9-14)10-11-6-4-5-7-12(11)15/h4-7,13,16H,3,8-10H2,1-2H3. The van der Waals surface area contributed by atoms with Gasteiger partial charge in [0.1, 0.15) is 0 Å². The molecule has 0 bridgehead atoms. The van der Waals surface area contributed by atoms with E-state index in [1.807, 2.05) is 0 Å². The highest BCUT2D eigenvalue weighted by molar-refractivity contribution is 9.10. The van der Waals surface area contributed by atoms with Gasteiger partial charge in [0.05, 0.1) is 0 Å². The second-order valence-electron chi connectivity index (χ2n) is 5.06. The molecule has 1 aliphatic carbocycles. The molecule has 1 aromatic carbocycles. The lowest BCUT2D eigenvalue weighted by atomic mass is 9.92. The lowest BCUT2D eigenvalue weighted by Gasteiger charge is -2.25. The molecular formula is C14H20BrN. The van der Waals surface area contributed by atoms with E-state index >= 15 is 0 Å². The molecular weight excluding hydrogens is 262 g/mol. The van der Waals surface area contributed by atoms with E-state index in [9.17, 15) is 0 Å². The van der Waals surface area contributed by atoms with E-state index in [-0.39, 0.29) is 0 Å². The fourth-order valence-electron chi connectivity index (χ4n) is 2.24. The lowest BCUT2D eigenvalue weighted by molar-refractivity contribution is 0.360. The van der Waals surface area contributed by atoms with Crippen LogP contribution >= 0.6 is 15.9 Å². The lowest BCUT2D eigenvalue weighted by Crippen LogP contribution is -2.38. The third-order valence-electron chi connectivity index (χ3n) is 3.71. The van der Waals surface area contributed by atoms with Crippen molar-refractivity contribution in [3.05, 3.63) is 34.3 Å². The zero-order valence-corrected chi connectivity index (χ0v) is 11.7. The van der Waals surface area contributed by atoms with Gasteiger partial charge in [-0.25, -0.2) is 0 Å². The molecule has 0 spiro atoms. The number of likely N-dealkylation sites (N-methyl/N-ethyl adjacent to an activating group) is 1. The number of rotatable bonds is 5. The summed E-state index contributed by atoms with van der Waals surface area (Å²) in [6.07, 6.45) is 3.87. The normalized spacial score (nSPS) is 19.4. The molecule has 1 nitrogen and oxygen atoms in total. The minimum atomic E-state index is 0.533. The van der Waals surface area contributed by atoms with Crippen molar-refractivity contribution >= 4 is 15.9 Å². The fraction of sp³-hybridized carbons (Fsp3) is 0.571. The molecule has 1 N–H and O–H groups in total. The number of hydrogen-bond donors (Lipinski definition) is 1. The van der Waals surface area contributed by atoms with Gasteiger partial charge in [0.25, 0.3) is 0 Å². The Kier molecular flexibility index (Phi) is 3.70. The molecule has 2 heteroatoms. The third-order valence-corrected chi connectivity index (χ3v) is 4.49. The van der Waals surface area contributed by atoms with Gasteiger partial charge < -0.3 is 5.32 Å². The maximum atomic E-state index is 3.64. The molecule has 16 heavy (non-hydrogen) atoms. The topological polar surface area (TPSA) is 12.0 Å². The van der Waals surface area contributed by atoms with Gasteiger partial charge in [0.2, 0.25) is 0 Å². The molecule has 1 aliphatic rings. The monoisotopic (exact) mass is 281 g/mol. The first-order valence-corrected chi connectivity index (χ1v) is 6.92.